The molecule has 14 nitrogen and oxygen atoms in total. The molecule has 6 atom stereocenters. The maximum absolute atomic E-state index is 14.8. The van der Waals surface area contributed by atoms with Gasteiger partial charge in [0, 0.05) is 66.9 Å². The first-order valence-electron chi connectivity index (χ1n) is 20.5. The first-order valence-corrected chi connectivity index (χ1v) is 22.1. The molecule has 4 heterocycles. The van der Waals surface area contributed by atoms with Crippen LogP contribution in [0.3, 0.4) is 0 Å². The number of hydrogen-bond donors (Lipinski definition) is 3. The number of hydrogen-bond acceptors (Lipinski definition) is 10. The van der Waals surface area contributed by atoms with E-state index >= 15 is 0 Å². The van der Waals surface area contributed by atoms with Gasteiger partial charge in [-0.3, -0.25) is 23.9 Å². The smallest absolute Gasteiger partial charge is 0.259 e. The monoisotopic (exact) mass is 812 g/mol. The summed E-state index contributed by atoms with van der Waals surface area (Å²) in [6.07, 6.45) is 8.75. The topological polar surface area (TPSA) is 190 Å². The Bertz CT molecular complexity index is 2210. The van der Waals surface area contributed by atoms with Gasteiger partial charge in [0.05, 0.1) is 30.1 Å². The van der Waals surface area contributed by atoms with Gasteiger partial charge in [-0.1, -0.05) is 55.3 Å². The van der Waals surface area contributed by atoms with Gasteiger partial charge in [-0.05, 0) is 57.1 Å². The van der Waals surface area contributed by atoms with E-state index in [1.54, 1.807) is 12.0 Å². The summed E-state index contributed by atoms with van der Waals surface area (Å²) in [5.41, 5.74) is 6.82. The van der Waals surface area contributed by atoms with Gasteiger partial charge in [0.2, 0.25) is 27.7 Å². The molecule has 2 aliphatic carbocycles. The first kappa shape index (κ1) is 39.8. The lowest BCUT2D eigenvalue weighted by Crippen LogP contribution is -2.57. The van der Waals surface area contributed by atoms with Gasteiger partial charge in [-0.2, -0.15) is 0 Å². The number of carbonyl (C=O) groups is 4. The number of amides is 4. The Labute approximate surface area is 338 Å². The molecule has 8 rings (SSSR count). The Morgan fingerprint density at radius 2 is 1.83 bits per heavy atom. The van der Waals surface area contributed by atoms with Crippen LogP contribution in [0.15, 0.2) is 66.7 Å². The number of nitrogens with zero attached hydrogens (tertiary/aromatic N) is 3. The predicted molar refractivity (Wildman–Crippen MR) is 217 cm³/mol. The Balaban J connectivity index is 1.12. The molecule has 308 valence electrons. The summed E-state index contributed by atoms with van der Waals surface area (Å²) in [7, 11) is -2.31. The number of benzene rings is 2. The van der Waals surface area contributed by atoms with Crippen LogP contribution in [-0.4, -0.2) is 103 Å². The number of carbonyl (C=O) groups excluding carboxylic acids is 4. The van der Waals surface area contributed by atoms with E-state index in [-0.39, 0.29) is 43.7 Å². The van der Waals surface area contributed by atoms with E-state index in [4.69, 9.17) is 20.2 Å². The molecular formula is C43H52N6O8S. The van der Waals surface area contributed by atoms with Crippen LogP contribution in [0.25, 0.3) is 22.2 Å². The van der Waals surface area contributed by atoms with Crippen molar-refractivity contribution in [2.45, 2.75) is 99.6 Å². The Kier molecular flexibility index (Phi) is 11.2. The highest BCUT2D eigenvalue weighted by molar-refractivity contribution is 7.91. The van der Waals surface area contributed by atoms with Gasteiger partial charge < -0.3 is 30.3 Å². The van der Waals surface area contributed by atoms with Crippen LogP contribution in [0.5, 0.6) is 11.5 Å². The van der Waals surface area contributed by atoms with Crippen molar-refractivity contribution in [3.63, 3.8) is 0 Å². The van der Waals surface area contributed by atoms with E-state index in [0.29, 0.717) is 73.3 Å². The number of allylic oxidation sites excluding steroid dienone is 1. The number of methoxy groups -OCH3 is 1. The maximum atomic E-state index is 14.8. The number of nitrogens with one attached hydrogen (secondary N) is 2. The minimum Gasteiger partial charge on any atom is -0.497 e. The van der Waals surface area contributed by atoms with E-state index in [9.17, 15) is 27.6 Å². The third-order valence-corrected chi connectivity index (χ3v) is 14.1. The van der Waals surface area contributed by atoms with Crippen LogP contribution < -0.4 is 25.2 Å². The van der Waals surface area contributed by atoms with Crippen LogP contribution in [0.2, 0.25) is 0 Å². The minimum absolute atomic E-state index is 0.00742. The summed E-state index contributed by atoms with van der Waals surface area (Å²) in [4.78, 5) is 65.0. The van der Waals surface area contributed by atoms with Gasteiger partial charge in [-0.25, -0.2) is 13.4 Å². The van der Waals surface area contributed by atoms with Gasteiger partial charge in [-0.15, -0.1) is 0 Å². The molecular weight excluding hydrogens is 761 g/mol. The minimum atomic E-state index is -3.89. The lowest BCUT2D eigenvalue weighted by molar-refractivity contribution is -0.145. The van der Waals surface area contributed by atoms with Gasteiger partial charge in [0.1, 0.15) is 29.2 Å². The highest BCUT2D eigenvalue weighted by atomic mass is 32.2. The van der Waals surface area contributed by atoms with Gasteiger partial charge in [0.15, 0.2) is 0 Å². The molecule has 2 saturated carbocycles. The summed E-state index contributed by atoms with van der Waals surface area (Å²) in [5.74, 6) is -1.78. The molecule has 3 aromatic rings. The fourth-order valence-electron chi connectivity index (χ4n) is 8.67. The van der Waals surface area contributed by atoms with Crippen molar-refractivity contribution in [3.05, 3.63) is 66.7 Å². The molecule has 0 bridgehead atoms. The molecule has 4 fully saturated rings. The normalized spacial score (nSPS) is 28.4. The molecule has 58 heavy (non-hydrogen) atoms. The molecule has 1 aromatic heterocycles. The van der Waals surface area contributed by atoms with Crippen molar-refractivity contribution < 1.29 is 37.1 Å². The standard InChI is InChI=1S/C43H52N6O8S/c1-56-31-14-17-34-36(21-31)45-35(27-10-7-5-8-11-27)23-38(34)57-32-22-37-40(51)46-43(42(53)47-58(54,55)33-15-16-33)24-29(43)13-9-4-2-3-6-12-28(41(52)49(37)26-32)20-39(50)48-19-18-30(44)25-48/h5,7-11,13-14,17,21,23,28-30,32-33,37H,2-4,6,12,15-16,18-20,22,24-26,44H2,1H3,(H,46,51)(H,47,53)/b13-9-/t28-,29-,30+,32-,37+,43-/m1/s1. The summed E-state index contributed by atoms with van der Waals surface area (Å²) in [5, 5.41) is 3.04. The zero-order chi connectivity index (χ0) is 40.6. The number of fused-ring (bicyclic) bond motifs is 3. The van der Waals surface area contributed by atoms with Crippen molar-refractivity contribution in [2.24, 2.45) is 17.6 Å². The molecule has 5 aliphatic rings. The Morgan fingerprint density at radius 3 is 2.57 bits per heavy atom. The molecule has 4 amide bonds. The Morgan fingerprint density at radius 1 is 1.02 bits per heavy atom. The average molecular weight is 813 g/mol. The second-order valence-corrected chi connectivity index (χ2v) is 18.5. The fourth-order valence-corrected chi connectivity index (χ4v) is 10.0. The van der Waals surface area contributed by atoms with Crippen molar-refractivity contribution in [2.75, 3.05) is 26.7 Å². The molecule has 0 unspecified atom stereocenters. The SMILES string of the molecule is COc1ccc2c(O[C@@H]3C[C@H]4C(=O)N[C@]5(C(=O)NS(=O)(=O)C6CC6)C[C@H]5/C=C\CCCCC[C@H](CC(=O)N5CC[C@H](N)C5)C(=O)N4C3)cc(-c3ccccc3)nc2c1. The van der Waals surface area contributed by atoms with Crippen molar-refractivity contribution in [3.8, 4) is 22.8 Å². The second-order valence-electron chi connectivity index (χ2n) is 16.5. The number of likely N-dealkylation sites (tertiary alicyclic amines) is 1. The third-order valence-electron chi connectivity index (χ3n) is 12.3. The van der Waals surface area contributed by atoms with E-state index in [0.717, 1.165) is 24.8 Å². The van der Waals surface area contributed by atoms with Crippen LogP contribution in [0.1, 0.15) is 70.6 Å². The number of rotatable bonds is 9. The predicted octanol–water partition coefficient (Wildman–Crippen LogP) is 3.83. The summed E-state index contributed by atoms with van der Waals surface area (Å²) in [6, 6.07) is 15.9. The van der Waals surface area contributed by atoms with E-state index in [2.05, 4.69) is 10.0 Å². The molecule has 3 aliphatic heterocycles. The molecule has 0 spiro atoms. The van der Waals surface area contributed by atoms with Gasteiger partial charge >= 0.3 is 0 Å². The average Bonchev–Trinajstić information content (AvgIpc) is 4.11. The molecule has 2 saturated heterocycles. The highest BCUT2D eigenvalue weighted by Gasteiger charge is 2.62. The van der Waals surface area contributed by atoms with E-state index < -0.39 is 56.6 Å². The largest absolute Gasteiger partial charge is 0.497 e. The lowest BCUT2D eigenvalue weighted by atomic mass is 9.94. The number of sulfonamides is 1. The summed E-state index contributed by atoms with van der Waals surface area (Å²) >= 11 is 0. The highest BCUT2D eigenvalue weighted by Crippen LogP contribution is 2.46. The zero-order valence-electron chi connectivity index (χ0n) is 32.8. The van der Waals surface area contributed by atoms with Crippen LogP contribution in [0, 0.1) is 11.8 Å². The van der Waals surface area contributed by atoms with Gasteiger partial charge in [0.25, 0.3) is 5.91 Å². The summed E-state index contributed by atoms with van der Waals surface area (Å²) in [6.45, 7) is 1.03. The molecule has 0 radical (unpaired) electrons. The van der Waals surface area contributed by atoms with Crippen molar-refractivity contribution in [1.82, 2.24) is 24.8 Å². The van der Waals surface area contributed by atoms with Crippen molar-refractivity contribution in [1.29, 1.82) is 0 Å². The first-order chi connectivity index (χ1) is 27.9. The zero-order valence-corrected chi connectivity index (χ0v) is 33.6. The molecule has 2 aromatic carbocycles. The molecule has 15 heteroatoms. The van der Waals surface area contributed by atoms with E-state index in [1.165, 1.54) is 4.90 Å². The quantitative estimate of drug-likeness (QED) is 0.268. The van der Waals surface area contributed by atoms with Crippen LogP contribution in [0.4, 0.5) is 0 Å². The van der Waals surface area contributed by atoms with Crippen LogP contribution in [-0.2, 0) is 29.2 Å². The number of aromatic nitrogens is 1. The fraction of sp³-hybridized carbons (Fsp3) is 0.512. The third kappa shape index (κ3) is 8.42. The lowest BCUT2D eigenvalue weighted by Gasteiger charge is -2.30. The number of pyridine rings is 1. The maximum Gasteiger partial charge on any atom is 0.259 e. The second kappa shape index (κ2) is 16.3. The Hall–Kier alpha value is -5.02. The number of nitrogens with two attached hydrogens (primary N) is 1. The van der Waals surface area contributed by atoms with E-state index in [1.807, 2.05) is 66.7 Å². The summed E-state index contributed by atoms with van der Waals surface area (Å²) < 4.78 is 40.4. The van der Waals surface area contributed by atoms with Crippen LogP contribution >= 0.6 is 0 Å². The number of ether oxygens (including phenoxy) is 2. The van der Waals surface area contributed by atoms with Crippen molar-refractivity contribution >= 4 is 44.6 Å². The molecule has 4 N–H and O–H groups in total.